The first-order valence-electron chi connectivity index (χ1n) is 8.11. The van der Waals surface area contributed by atoms with Gasteiger partial charge in [0, 0.05) is 16.4 Å². The number of benzene rings is 2. The average Bonchev–Trinajstić information content (AvgIpc) is 3.40. The lowest BCUT2D eigenvalue weighted by Gasteiger charge is -2.10. The zero-order chi connectivity index (χ0) is 18.8. The van der Waals surface area contributed by atoms with Gasteiger partial charge in [0.2, 0.25) is 11.8 Å². The summed E-state index contributed by atoms with van der Waals surface area (Å²) in [5.74, 6) is -0.541. The lowest BCUT2D eigenvalue weighted by molar-refractivity contribution is -0.122. The van der Waals surface area contributed by atoms with E-state index in [0.717, 1.165) is 5.56 Å². The predicted octanol–water partition coefficient (Wildman–Crippen LogP) is 4.52. The Morgan fingerprint density at radius 3 is 2.38 bits per heavy atom. The normalized spacial score (nSPS) is 18.2. The number of methoxy groups -OCH3 is 1. The molecule has 0 aliphatic heterocycles. The van der Waals surface area contributed by atoms with E-state index in [9.17, 15) is 9.59 Å². The molecule has 2 amide bonds. The standard InChI is InChI=1S/C19H18Cl2N2O3/c1-10-14(20)4-3-5-16(10)23-19(25)13-9-12(13)18(24)22-11-6-7-17(26-2)15(21)8-11/h3-8,12-13H,9H2,1-2H3,(H,22,24)(H,23,25). The molecular formula is C19H18Cl2N2O3. The zero-order valence-electron chi connectivity index (χ0n) is 14.3. The Morgan fingerprint density at radius 1 is 1.04 bits per heavy atom. The van der Waals surface area contributed by atoms with Crippen molar-refractivity contribution < 1.29 is 14.3 Å². The first kappa shape index (κ1) is 18.5. The third-order valence-electron chi connectivity index (χ3n) is 4.41. The van der Waals surface area contributed by atoms with Gasteiger partial charge < -0.3 is 15.4 Å². The van der Waals surface area contributed by atoms with E-state index in [-0.39, 0.29) is 23.7 Å². The van der Waals surface area contributed by atoms with Crippen molar-refractivity contribution in [1.82, 2.24) is 0 Å². The molecular weight excluding hydrogens is 375 g/mol. The van der Waals surface area contributed by atoms with E-state index in [0.29, 0.717) is 33.6 Å². The van der Waals surface area contributed by atoms with Crippen LogP contribution in [0.25, 0.3) is 0 Å². The summed E-state index contributed by atoms with van der Waals surface area (Å²) < 4.78 is 5.08. The molecule has 2 unspecified atom stereocenters. The minimum Gasteiger partial charge on any atom is -0.495 e. The van der Waals surface area contributed by atoms with Crippen LogP contribution in [0.4, 0.5) is 11.4 Å². The third-order valence-corrected chi connectivity index (χ3v) is 5.11. The molecule has 136 valence electrons. The second kappa shape index (κ2) is 7.56. The Hall–Kier alpha value is -2.24. The highest BCUT2D eigenvalue weighted by molar-refractivity contribution is 6.32. The summed E-state index contributed by atoms with van der Waals surface area (Å²) in [6.07, 6.45) is 0.515. The molecule has 1 aliphatic rings. The van der Waals surface area contributed by atoms with E-state index in [1.165, 1.54) is 7.11 Å². The molecule has 2 N–H and O–H groups in total. The molecule has 3 rings (SSSR count). The smallest absolute Gasteiger partial charge is 0.228 e. The summed E-state index contributed by atoms with van der Waals surface area (Å²) in [6.45, 7) is 1.84. The first-order chi connectivity index (χ1) is 12.4. The van der Waals surface area contributed by atoms with E-state index in [1.807, 2.05) is 6.92 Å². The van der Waals surface area contributed by atoms with E-state index in [4.69, 9.17) is 27.9 Å². The first-order valence-corrected chi connectivity index (χ1v) is 8.86. The predicted molar refractivity (Wildman–Crippen MR) is 103 cm³/mol. The fraction of sp³-hybridized carbons (Fsp3) is 0.263. The van der Waals surface area contributed by atoms with Gasteiger partial charge in [-0.05, 0) is 49.2 Å². The van der Waals surface area contributed by atoms with Gasteiger partial charge in [-0.25, -0.2) is 0 Å². The highest BCUT2D eigenvalue weighted by Gasteiger charge is 2.48. The molecule has 0 bridgehead atoms. The van der Waals surface area contributed by atoms with Crippen molar-refractivity contribution >= 4 is 46.4 Å². The number of halogens is 2. The number of carbonyl (C=O) groups excluding carboxylic acids is 2. The Labute approximate surface area is 161 Å². The molecule has 0 spiro atoms. The maximum absolute atomic E-state index is 12.4. The van der Waals surface area contributed by atoms with Gasteiger partial charge in [0.25, 0.3) is 0 Å². The number of hydrogen-bond acceptors (Lipinski definition) is 3. The summed E-state index contributed by atoms with van der Waals surface area (Å²) in [7, 11) is 1.52. The molecule has 0 radical (unpaired) electrons. The largest absolute Gasteiger partial charge is 0.495 e. The molecule has 0 aromatic heterocycles. The van der Waals surface area contributed by atoms with Gasteiger partial charge in [0.1, 0.15) is 5.75 Å². The lowest BCUT2D eigenvalue weighted by atomic mass is 10.2. The number of carbonyl (C=O) groups is 2. The van der Waals surface area contributed by atoms with Gasteiger partial charge in [0.15, 0.2) is 0 Å². The molecule has 5 nitrogen and oxygen atoms in total. The number of nitrogens with one attached hydrogen (secondary N) is 2. The van der Waals surface area contributed by atoms with E-state index in [2.05, 4.69) is 10.6 Å². The van der Waals surface area contributed by atoms with Gasteiger partial charge in [0.05, 0.1) is 24.0 Å². The Balaban J connectivity index is 1.59. The minimum absolute atomic E-state index is 0.178. The highest BCUT2D eigenvalue weighted by Crippen LogP contribution is 2.41. The van der Waals surface area contributed by atoms with Crippen molar-refractivity contribution in [2.45, 2.75) is 13.3 Å². The van der Waals surface area contributed by atoms with Gasteiger partial charge in [-0.15, -0.1) is 0 Å². The number of rotatable bonds is 5. The molecule has 7 heteroatoms. The average molecular weight is 393 g/mol. The zero-order valence-corrected chi connectivity index (χ0v) is 15.8. The minimum atomic E-state index is -0.352. The molecule has 1 saturated carbocycles. The maximum atomic E-state index is 12.4. The van der Waals surface area contributed by atoms with E-state index < -0.39 is 0 Å². The van der Waals surface area contributed by atoms with Crippen LogP contribution in [-0.2, 0) is 9.59 Å². The summed E-state index contributed by atoms with van der Waals surface area (Å²) in [5, 5.41) is 6.63. The van der Waals surface area contributed by atoms with Crippen molar-refractivity contribution in [3.05, 3.63) is 52.0 Å². The Kier molecular flexibility index (Phi) is 5.39. The van der Waals surface area contributed by atoms with E-state index >= 15 is 0 Å². The summed E-state index contributed by atoms with van der Waals surface area (Å²) >= 11 is 12.1. The molecule has 0 heterocycles. The van der Waals surface area contributed by atoms with Gasteiger partial charge in [-0.2, -0.15) is 0 Å². The lowest BCUT2D eigenvalue weighted by Crippen LogP contribution is -2.21. The van der Waals surface area contributed by atoms with Crippen molar-refractivity contribution in [3.8, 4) is 5.75 Å². The summed E-state index contributed by atoms with van der Waals surface area (Å²) in [4.78, 5) is 24.7. The van der Waals surface area contributed by atoms with Crippen LogP contribution in [0.1, 0.15) is 12.0 Å². The Morgan fingerprint density at radius 2 is 1.73 bits per heavy atom. The number of anilines is 2. The molecule has 1 fully saturated rings. The molecule has 0 saturated heterocycles. The van der Waals surface area contributed by atoms with Crippen LogP contribution in [0.2, 0.25) is 10.0 Å². The third kappa shape index (κ3) is 3.94. The molecule has 1 aliphatic carbocycles. The second-order valence-corrected chi connectivity index (χ2v) is 7.00. The molecule has 2 aromatic rings. The van der Waals surface area contributed by atoms with Gasteiger partial charge in [-0.3, -0.25) is 9.59 Å². The van der Waals surface area contributed by atoms with Gasteiger partial charge in [-0.1, -0.05) is 29.3 Å². The fourth-order valence-corrected chi connectivity index (χ4v) is 3.15. The number of ether oxygens (including phenoxy) is 1. The molecule has 26 heavy (non-hydrogen) atoms. The van der Waals surface area contributed by atoms with Gasteiger partial charge >= 0.3 is 0 Å². The molecule has 2 aromatic carbocycles. The monoisotopic (exact) mass is 392 g/mol. The highest BCUT2D eigenvalue weighted by atomic mass is 35.5. The van der Waals surface area contributed by atoms with Crippen LogP contribution in [-0.4, -0.2) is 18.9 Å². The quantitative estimate of drug-likeness (QED) is 0.785. The molecule has 2 atom stereocenters. The SMILES string of the molecule is COc1ccc(NC(=O)C2CC2C(=O)Nc2cccc(Cl)c2C)cc1Cl. The van der Waals surface area contributed by atoms with Crippen molar-refractivity contribution in [2.75, 3.05) is 17.7 Å². The van der Waals surface area contributed by atoms with Crippen LogP contribution in [0.15, 0.2) is 36.4 Å². The maximum Gasteiger partial charge on any atom is 0.228 e. The van der Waals surface area contributed by atoms with Crippen molar-refractivity contribution in [1.29, 1.82) is 0 Å². The topological polar surface area (TPSA) is 67.4 Å². The van der Waals surface area contributed by atoms with Crippen LogP contribution < -0.4 is 15.4 Å². The van der Waals surface area contributed by atoms with Crippen LogP contribution in [0, 0.1) is 18.8 Å². The van der Waals surface area contributed by atoms with Crippen LogP contribution in [0.3, 0.4) is 0 Å². The van der Waals surface area contributed by atoms with Crippen molar-refractivity contribution in [2.24, 2.45) is 11.8 Å². The number of hydrogen-bond donors (Lipinski definition) is 2. The van der Waals surface area contributed by atoms with E-state index in [1.54, 1.807) is 36.4 Å². The van der Waals surface area contributed by atoms with Crippen molar-refractivity contribution in [3.63, 3.8) is 0 Å². The Bertz CT molecular complexity index is 870. The van der Waals surface area contributed by atoms with Crippen LogP contribution >= 0.6 is 23.2 Å². The summed E-state index contributed by atoms with van der Waals surface area (Å²) in [5.41, 5.74) is 2.03. The number of amides is 2. The summed E-state index contributed by atoms with van der Waals surface area (Å²) in [6, 6.07) is 10.3. The fourth-order valence-electron chi connectivity index (χ4n) is 2.72. The second-order valence-electron chi connectivity index (χ2n) is 6.19. The van der Waals surface area contributed by atoms with Crippen LogP contribution in [0.5, 0.6) is 5.75 Å².